The van der Waals surface area contributed by atoms with Crippen LogP contribution in [0.3, 0.4) is 0 Å². The van der Waals surface area contributed by atoms with Crippen LogP contribution >= 0.6 is 0 Å². The number of methoxy groups -OCH3 is 1. The van der Waals surface area contributed by atoms with E-state index in [4.69, 9.17) is 4.74 Å². The molecule has 0 aromatic carbocycles. The predicted molar refractivity (Wildman–Crippen MR) is 68.8 cm³/mol. The van der Waals surface area contributed by atoms with Crippen LogP contribution in [0.15, 0.2) is 0 Å². The molecule has 3 nitrogen and oxygen atoms in total. The smallest absolute Gasteiger partial charge is 0.0587 e. The van der Waals surface area contributed by atoms with Gasteiger partial charge >= 0.3 is 0 Å². The zero-order valence-electron chi connectivity index (χ0n) is 11.2. The van der Waals surface area contributed by atoms with Crippen LogP contribution in [0.4, 0.5) is 0 Å². The summed E-state index contributed by atoms with van der Waals surface area (Å²) >= 11 is 0. The Hall–Kier alpha value is -0.120. The SMILES string of the molecule is CCC(C)CN1CCCC1CNCCOC. The van der Waals surface area contributed by atoms with Gasteiger partial charge in [-0.3, -0.25) is 4.90 Å². The maximum atomic E-state index is 5.04. The lowest BCUT2D eigenvalue weighted by Gasteiger charge is -2.27. The average Bonchev–Trinajstić information content (AvgIpc) is 2.72. The zero-order valence-corrected chi connectivity index (χ0v) is 11.2. The van der Waals surface area contributed by atoms with Crippen molar-refractivity contribution in [3.63, 3.8) is 0 Å². The molecule has 0 aromatic rings. The Morgan fingerprint density at radius 2 is 2.31 bits per heavy atom. The third-order valence-corrected chi connectivity index (χ3v) is 3.61. The van der Waals surface area contributed by atoms with Gasteiger partial charge in [-0.25, -0.2) is 0 Å². The summed E-state index contributed by atoms with van der Waals surface area (Å²) < 4.78 is 5.04. The minimum atomic E-state index is 0.755. The molecule has 3 heteroatoms. The Bertz CT molecular complexity index is 175. The summed E-state index contributed by atoms with van der Waals surface area (Å²) in [5, 5.41) is 3.48. The number of ether oxygens (including phenoxy) is 1. The molecule has 1 saturated heterocycles. The fourth-order valence-corrected chi connectivity index (χ4v) is 2.34. The summed E-state index contributed by atoms with van der Waals surface area (Å²) in [6.45, 7) is 10.1. The van der Waals surface area contributed by atoms with Gasteiger partial charge in [-0.1, -0.05) is 20.3 Å². The third-order valence-electron chi connectivity index (χ3n) is 3.61. The molecule has 0 spiro atoms. The highest BCUT2D eigenvalue weighted by Gasteiger charge is 2.24. The molecule has 0 radical (unpaired) electrons. The molecule has 0 amide bonds. The molecule has 0 bridgehead atoms. The normalized spacial score (nSPS) is 23.8. The van der Waals surface area contributed by atoms with Gasteiger partial charge in [0.05, 0.1) is 6.61 Å². The molecule has 0 aliphatic carbocycles. The lowest BCUT2D eigenvalue weighted by atomic mass is 10.1. The van der Waals surface area contributed by atoms with Crippen molar-refractivity contribution in [1.82, 2.24) is 10.2 Å². The Kier molecular flexibility index (Phi) is 7.01. The van der Waals surface area contributed by atoms with Gasteiger partial charge in [-0.2, -0.15) is 0 Å². The number of rotatable bonds is 8. The first-order valence-corrected chi connectivity index (χ1v) is 6.71. The van der Waals surface area contributed by atoms with E-state index in [0.717, 1.165) is 31.7 Å². The number of hydrogen-bond acceptors (Lipinski definition) is 3. The largest absolute Gasteiger partial charge is 0.383 e. The fourth-order valence-electron chi connectivity index (χ4n) is 2.34. The summed E-state index contributed by atoms with van der Waals surface area (Å²) in [6, 6.07) is 0.755. The van der Waals surface area contributed by atoms with Gasteiger partial charge in [0.1, 0.15) is 0 Å². The Balaban J connectivity index is 2.18. The van der Waals surface area contributed by atoms with Gasteiger partial charge < -0.3 is 10.1 Å². The highest BCUT2D eigenvalue weighted by Crippen LogP contribution is 2.18. The molecule has 2 atom stereocenters. The molecule has 1 aliphatic heterocycles. The highest BCUT2D eigenvalue weighted by atomic mass is 16.5. The van der Waals surface area contributed by atoms with Crippen molar-refractivity contribution in [2.24, 2.45) is 5.92 Å². The van der Waals surface area contributed by atoms with E-state index in [-0.39, 0.29) is 0 Å². The standard InChI is InChI=1S/C13H28N2O/c1-4-12(2)11-15-8-5-6-13(15)10-14-7-9-16-3/h12-14H,4-11H2,1-3H3. The van der Waals surface area contributed by atoms with Crippen molar-refractivity contribution in [2.75, 3.05) is 39.9 Å². The predicted octanol–water partition coefficient (Wildman–Crippen LogP) is 1.73. The lowest BCUT2D eigenvalue weighted by Crippen LogP contribution is -2.40. The van der Waals surface area contributed by atoms with Crippen LogP contribution in [0.2, 0.25) is 0 Å². The van der Waals surface area contributed by atoms with E-state index in [9.17, 15) is 0 Å². The van der Waals surface area contributed by atoms with Crippen LogP contribution in [-0.2, 0) is 4.74 Å². The molecule has 0 aromatic heterocycles. The molecule has 0 saturated carbocycles. The molecule has 1 rings (SSSR count). The van der Waals surface area contributed by atoms with Crippen LogP contribution in [0, 0.1) is 5.92 Å². The fraction of sp³-hybridized carbons (Fsp3) is 1.00. The number of likely N-dealkylation sites (tertiary alicyclic amines) is 1. The first-order valence-electron chi connectivity index (χ1n) is 6.71. The monoisotopic (exact) mass is 228 g/mol. The molecular formula is C13H28N2O. The molecule has 1 heterocycles. The zero-order chi connectivity index (χ0) is 11.8. The summed E-state index contributed by atoms with van der Waals surface area (Å²) in [5.74, 6) is 0.833. The van der Waals surface area contributed by atoms with Gasteiger partial charge in [-0.05, 0) is 25.3 Å². The maximum absolute atomic E-state index is 5.04. The molecule has 96 valence electrons. The van der Waals surface area contributed by atoms with E-state index in [2.05, 4.69) is 24.1 Å². The summed E-state index contributed by atoms with van der Waals surface area (Å²) in [6.07, 6.45) is 4.02. The van der Waals surface area contributed by atoms with Crippen LogP contribution in [0.1, 0.15) is 33.1 Å². The summed E-state index contributed by atoms with van der Waals surface area (Å²) in [4.78, 5) is 2.66. The molecule has 1 fully saturated rings. The number of nitrogens with one attached hydrogen (secondary N) is 1. The van der Waals surface area contributed by atoms with Crippen LogP contribution in [-0.4, -0.2) is 50.8 Å². The molecule has 1 N–H and O–H groups in total. The number of nitrogens with zero attached hydrogens (tertiary/aromatic N) is 1. The minimum absolute atomic E-state index is 0.755. The average molecular weight is 228 g/mol. The minimum Gasteiger partial charge on any atom is -0.383 e. The highest BCUT2D eigenvalue weighted by molar-refractivity contribution is 4.81. The molecular weight excluding hydrogens is 200 g/mol. The van der Waals surface area contributed by atoms with Gasteiger partial charge in [0.2, 0.25) is 0 Å². The maximum Gasteiger partial charge on any atom is 0.0587 e. The summed E-state index contributed by atoms with van der Waals surface area (Å²) in [5.41, 5.74) is 0. The van der Waals surface area contributed by atoms with E-state index in [1.807, 2.05) is 0 Å². The second-order valence-electron chi connectivity index (χ2n) is 5.00. The topological polar surface area (TPSA) is 24.5 Å². The van der Waals surface area contributed by atoms with Crippen molar-refractivity contribution in [3.8, 4) is 0 Å². The van der Waals surface area contributed by atoms with Crippen LogP contribution in [0.25, 0.3) is 0 Å². The van der Waals surface area contributed by atoms with Crippen molar-refractivity contribution in [3.05, 3.63) is 0 Å². The van der Waals surface area contributed by atoms with E-state index in [1.54, 1.807) is 7.11 Å². The van der Waals surface area contributed by atoms with Crippen molar-refractivity contribution in [2.45, 2.75) is 39.2 Å². The van der Waals surface area contributed by atoms with Gasteiger partial charge in [-0.15, -0.1) is 0 Å². The Morgan fingerprint density at radius 3 is 3.00 bits per heavy atom. The first kappa shape index (κ1) is 13.9. The lowest BCUT2D eigenvalue weighted by molar-refractivity contribution is 0.186. The van der Waals surface area contributed by atoms with E-state index in [1.165, 1.54) is 32.4 Å². The van der Waals surface area contributed by atoms with Crippen LogP contribution < -0.4 is 5.32 Å². The van der Waals surface area contributed by atoms with Crippen molar-refractivity contribution < 1.29 is 4.74 Å². The Labute approximate surface area is 101 Å². The second-order valence-corrected chi connectivity index (χ2v) is 5.00. The Morgan fingerprint density at radius 1 is 1.50 bits per heavy atom. The second kappa shape index (κ2) is 8.04. The van der Waals surface area contributed by atoms with Crippen molar-refractivity contribution >= 4 is 0 Å². The van der Waals surface area contributed by atoms with Gasteiger partial charge in [0.15, 0.2) is 0 Å². The quantitative estimate of drug-likeness (QED) is 0.640. The van der Waals surface area contributed by atoms with E-state index < -0.39 is 0 Å². The third kappa shape index (κ3) is 4.81. The number of hydrogen-bond donors (Lipinski definition) is 1. The van der Waals surface area contributed by atoms with Gasteiger partial charge in [0, 0.05) is 32.8 Å². The molecule has 16 heavy (non-hydrogen) atoms. The van der Waals surface area contributed by atoms with E-state index >= 15 is 0 Å². The molecule has 2 unspecified atom stereocenters. The van der Waals surface area contributed by atoms with Gasteiger partial charge in [0.25, 0.3) is 0 Å². The van der Waals surface area contributed by atoms with E-state index in [0.29, 0.717) is 0 Å². The summed E-state index contributed by atoms with van der Waals surface area (Å²) in [7, 11) is 1.76. The van der Waals surface area contributed by atoms with Crippen LogP contribution in [0.5, 0.6) is 0 Å². The van der Waals surface area contributed by atoms with Crippen molar-refractivity contribution in [1.29, 1.82) is 0 Å². The first-order chi connectivity index (χ1) is 7.77. The molecule has 1 aliphatic rings.